The van der Waals surface area contributed by atoms with Gasteiger partial charge in [-0.2, -0.15) is 13.2 Å². The Kier molecular flexibility index (Phi) is 3.30. The third-order valence-corrected chi connectivity index (χ3v) is 1.69. The molecule has 14 heavy (non-hydrogen) atoms. The van der Waals surface area contributed by atoms with E-state index in [0.717, 1.165) is 6.08 Å². The van der Waals surface area contributed by atoms with Crippen LogP contribution in [0.25, 0.3) is 5.57 Å². The second-order valence-electron chi connectivity index (χ2n) is 2.66. The van der Waals surface area contributed by atoms with E-state index in [0.29, 0.717) is 0 Å². The monoisotopic (exact) mass is 202 g/mol. The molecule has 76 valence electrons. The van der Waals surface area contributed by atoms with Gasteiger partial charge in [-0.15, -0.1) is 0 Å². The summed E-state index contributed by atoms with van der Waals surface area (Å²) in [6.07, 6.45) is -3.67. The summed E-state index contributed by atoms with van der Waals surface area (Å²) >= 11 is 0. The van der Waals surface area contributed by atoms with Crippen molar-refractivity contribution in [2.75, 3.05) is 6.61 Å². The third kappa shape index (κ3) is 2.60. The summed E-state index contributed by atoms with van der Waals surface area (Å²) in [7, 11) is 0. The molecule has 0 aliphatic carbocycles. The first kappa shape index (κ1) is 10.8. The van der Waals surface area contributed by atoms with Crippen molar-refractivity contribution in [2.45, 2.75) is 6.18 Å². The topological polar surface area (TPSA) is 20.2 Å². The van der Waals surface area contributed by atoms with Gasteiger partial charge in [-0.3, -0.25) is 0 Å². The van der Waals surface area contributed by atoms with E-state index in [4.69, 9.17) is 5.11 Å². The predicted octanol–water partition coefficient (Wildman–Crippen LogP) is 2.62. The maximum Gasteiger partial charge on any atom is 0.416 e. The number of hydrogen-bond acceptors (Lipinski definition) is 1. The van der Waals surface area contributed by atoms with Crippen molar-refractivity contribution in [2.24, 2.45) is 0 Å². The fraction of sp³-hybridized carbons (Fsp3) is 0.200. The number of halogens is 3. The third-order valence-electron chi connectivity index (χ3n) is 1.69. The number of rotatable bonds is 2. The van der Waals surface area contributed by atoms with E-state index in [9.17, 15) is 13.2 Å². The highest BCUT2D eigenvalue weighted by molar-refractivity contribution is 5.69. The Labute approximate surface area is 79.5 Å². The van der Waals surface area contributed by atoms with Gasteiger partial charge >= 0.3 is 6.18 Å². The molecule has 0 saturated heterocycles. The maximum absolute atomic E-state index is 12.4. The number of hydrogen-bond donors (Lipinski definition) is 1. The highest BCUT2D eigenvalue weighted by Gasteiger charge is 2.33. The van der Waals surface area contributed by atoms with Crippen LogP contribution in [-0.2, 0) is 0 Å². The van der Waals surface area contributed by atoms with Crippen LogP contribution < -0.4 is 0 Å². The van der Waals surface area contributed by atoms with Crippen molar-refractivity contribution >= 4 is 5.57 Å². The molecule has 4 heteroatoms. The van der Waals surface area contributed by atoms with Gasteiger partial charge in [0.1, 0.15) is 0 Å². The molecule has 0 bridgehead atoms. The molecule has 0 aliphatic heterocycles. The van der Waals surface area contributed by atoms with Gasteiger partial charge in [0.25, 0.3) is 0 Å². The van der Waals surface area contributed by atoms with Gasteiger partial charge in [0.15, 0.2) is 0 Å². The minimum Gasteiger partial charge on any atom is -0.392 e. The minimum absolute atomic E-state index is 0.0639. The van der Waals surface area contributed by atoms with Crippen molar-refractivity contribution < 1.29 is 18.3 Å². The summed E-state index contributed by atoms with van der Waals surface area (Å²) < 4.78 is 37.2. The first-order valence-electron chi connectivity index (χ1n) is 3.99. The zero-order chi connectivity index (χ0) is 10.6. The Hall–Kier alpha value is -1.29. The molecule has 0 spiro atoms. The standard InChI is InChI=1S/C10H9F3O/c11-10(12,13)9(6-7-14)8-4-2-1-3-5-8/h1-6,14H,7H2/b9-6+. The van der Waals surface area contributed by atoms with Crippen molar-refractivity contribution in [3.8, 4) is 0 Å². The Morgan fingerprint density at radius 3 is 2.21 bits per heavy atom. The first-order chi connectivity index (χ1) is 6.55. The van der Waals surface area contributed by atoms with Gasteiger partial charge < -0.3 is 5.11 Å². The van der Waals surface area contributed by atoms with E-state index in [1.165, 1.54) is 24.3 Å². The zero-order valence-electron chi connectivity index (χ0n) is 7.25. The molecule has 1 nitrogen and oxygen atoms in total. The summed E-state index contributed by atoms with van der Waals surface area (Å²) in [5.41, 5.74) is -0.741. The van der Waals surface area contributed by atoms with Crippen LogP contribution in [0.5, 0.6) is 0 Å². The number of alkyl halides is 3. The van der Waals surface area contributed by atoms with Crippen LogP contribution in [0.15, 0.2) is 36.4 Å². The molecule has 0 radical (unpaired) electrons. The molecule has 0 aliphatic rings. The number of benzene rings is 1. The van der Waals surface area contributed by atoms with E-state index in [-0.39, 0.29) is 5.56 Å². The van der Waals surface area contributed by atoms with Crippen molar-refractivity contribution in [1.29, 1.82) is 0 Å². The summed E-state index contributed by atoms with van der Waals surface area (Å²) in [5, 5.41) is 8.48. The summed E-state index contributed by atoms with van der Waals surface area (Å²) in [5.74, 6) is 0. The minimum atomic E-state index is -4.43. The second-order valence-corrected chi connectivity index (χ2v) is 2.66. The van der Waals surface area contributed by atoms with Gasteiger partial charge in [-0.05, 0) is 11.6 Å². The molecular formula is C10H9F3O. The van der Waals surface area contributed by atoms with Gasteiger partial charge in [0.05, 0.1) is 12.2 Å². The van der Waals surface area contributed by atoms with Crippen LogP contribution >= 0.6 is 0 Å². The smallest absolute Gasteiger partial charge is 0.392 e. The Balaban J connectivity index is 3.09. The number of allylic oxidation sites excluding steroid dienone is 1. The molecule has 0 saturated carbocycles. The van der Waals surface area contributed by atoms with Crippen LogP contribution in [0.1, 0.15) is 5.56 Å². The molecular weight excluding hydrogens is 193 g/mol. The predicted molar refractivity (Wildman–Crippen MR) is 47.6 cm³/mol. The lowest BCUT2D eigenvalue weighted by Crippen LogP contribution is -2.11. The van der Waals surface area contributed by atoms with Crippen molar-refractivity contribution in [1.82, 2.24) is 0 Å². The maximum atomic E-state index is 12.4. The van der Waals surface area contributed by atoms with Crippen molar-refractivity contribution in [3.63, 3.8) is 0 Å². The first-order valence-corrected chi connectivity index (χ1v) is 3.99. The van der Waals surface area contributed by atoms with Crippen molar-refractivity contribution in [3.05, 3.63) is 42.0 Å². The van der Waals surface area contributed by atoms with Crippen LogP contribution in [0.2, 0.25) is 0 Å². The van der Waals surface area contributed by atoms with Crippen LogP contribution in [0.3, 0.4) is 0 Å². The molecule has 0 fully saturated rings. The van der Waals surface area contributed by atoms with Crippen LogP contribution in [0, 0.1) is 0 Å². The van der Waals surface area contributed by atoms with E-state index in [1.807, 2.05) is 0 Å². The molecule has 1 aromatic carbocycles. The fourth-order valence-corrected chi connectivity index (χ4v) is 1.11. The largest absolute Gasteiger partial charge is 0.416 e. The Bertz CT molecular complexity index is 314. The van der Waals surface area contributed by atoms with E-state index >= 15 is 0 Å². The molecule has 0 heterocycles. The van der Waals surface area contributed by atoms with Crippen LogP contribution in [-0.4, -0.2) is 17.9 Å². The van der Waals surface area contributed by atoms with Crippen LogP contribution in [0.4, 0.5) is 13.2 Å². The molecule has 0 aromatic heterocycles. The average Bonchev–Trinajstić information content (AvgIpc) is 2.14. The van der Waals surface area contributed by atoms with Gasteiger partial charge in [0.2, 0.25) is 0 Å². The summed E-state index contributed by atoms with van der Waals surface area (Å²) in [6.45, 7) is -0.621. The molecule has 1 N–H and O–H groups in total. The summed E-state index contributed by atoms with van der Waals surface area (Å²) in [6, 6.07) is 7.39. The normalized spacial score (nSPS) is 13.0. The van der Waals surface area contributed by atoms with E-state index in [1.54, 1.807) is 6.07 Å². The quantitative estimate of drug-likeness (QED) is 0.781. The van der Waals surface area contributed by atoms with E-state index < -0.39 is 18.4 Å². The second kappa shape index (κ2) is 4.28. The van der Waals surface area contributed by atoms with E-state index in [2.05, 4.69) is 0 Å². The van der Waals surface area contributed by atoms with Gasteiger partial charge in [-0.1, -0.05) is 30.3 Å². The summed E-state index contributed by atoms with van der Waals surface area (Å²) in [4.78, 5) is 0. The lowest BCUT2D eigenvalue weighted by Gasteiger charge is -2.11. The van der Waals surface area contributed by atoms with Gasteiger partial charge in [-0.25, -0.2) is 0 Å². The number of aliphatic hydroxyl groups excluding tert-OH is 1. The highest BCUT2D eigenvalue weighted by Crippen LogP contribution is 2.33. The average molecular weight is 202 g/mol. The Morgan fingerprint density at radius 2 is 1.79 bits per heavy atom. The number of aliphatic hydroxyl groups is 1. The highest BCUT2D eigenvalue weighted by atomic mass is 19.4. The molecule has 1 rings (SSSR count). The SMILES string of the molecule is OC/C=C(\c1ccccc1)C(F)(F)F. The lowest BCUT2D eigenvalue weighted by atomic mass is 10.1. The molecule has 0 unspecified atom stereocenters. The zero-order valence-corrected chi connectivity index (χ0v) is 7.25. The molecule has 1 aromatic rings. The molecule has 0 amide bonds. The van der Waals surface area contributed by atoms with Gasteiger partial charge in [0, 0.05) is 0 Å². The fourth-order valence-electron chi connectivity index (χ4n) is 1.11. The lowest BCUT2D eigenvalue weighted by molar-refractivity contribution is -0.0692. The Morgan fingerprint density at radius 1 is 1.21 bits per heavy atom. The molecule has 0 atom stereocenters.